The van der Waals surface area contributed by atoms with E-state index in [1.165, 1.54) is 24.0 Å². The first-order valence-corrected chi connectivity index (χ1v) is 6.67. The van der Waals surface area contributed by atoms with Crippen LogP contribution in [0.25, 0.3) is 0 Å². The van der Waals surface area contributed by atoms with Crippen LogP contribution in [0.2, 0.25) is 0 Å². The minimum Gasteiger partial charge on any atom is -0.380 e. The molecule has 1 aliphatic carbocycles. The van der Waals surface area contributed by atoms with Gasteiger partial charge in [-0.3, -0.25) is 0 Å². The Morgan fingerprint density at radius 3 is 2.88 bits per heavy atom. The van der Waals surface area contributed by atoms with Gasteiger partial charge in [0.1, 0.15) is 0 Å². The Balaban J connectivity index is 1.68. The number of hydrogen-bond donors (Lipinski definition) is 1. The second-order valence-corrected chi connectivity index (χ2v) is 4.93. The lowest BCUT2D eigenvalue weighted by molar-refractivity contribution is 0.141. The van der Waals surface area contributed by atoms with E-state index >= 15 is 0 Å². The summed E-state index contributed by atoms with van der Waals surface area (Å²) in [5.74, 6) is 0.763. The second-order valence-electron chi connectivity index (χ2n) is 4.93. The molecule has 0 heterocycles. The maximum absolute atomic E-state index is 5.32. The van der Waals surface area contributed by atoms with Crippen LogP contribution < -0.4 is 5.32 Å². The molecule has 1 aromatic carbocycles. The largest absolute Gasteiger partial charge is 0.380 e. The van der Waals surface area contributed by atoms with Gasteiger partial charge < -0.3 is 10.1 Å². The van der Waals surface area contributed by atoms with E-state index in [-0.39, 0.29) is 0 Å². The van der Waals surface area contributed by atoms with E-state index < -0.39 is 0 Å². The van der Waals surface area contributed by atoms with Gasteiger partial charge in [0.15, 0.2) is 0 Å². The molecule has 1 saturated carbocycles. The molecule has 17 heavy (non-hydrogen) atoms. The summed E-state index contributed by atoms with van der Waals surface area (Å²) in [5, 5.41) is 3.54. The van der Waals surface area contributed by atoms with Crippen LogP contribution in [0.5, 0.6) is 0 Å². The average molecular weight is 233 g/mol. The summed E-state index contributed by atoms with van der Waals surface area (Å²) in [5.41, 5.74) is 2.88. The van der Waals surface area contributed by atoms with Gasteiger partial charge in [0.25, 0.3) is 0 Å². The molecule has 0 aromatic heterocycles. The minimum atomic E-state index is 0.695. The Bertz CT molecular complexity index is 345. The van der Waals surface area contributed by atoms with E-state index in [0.29, 0.717) is 6.04 Å². The zero-order valence-electron chi connectivity index (χ0n) is 10.9. The summed E-state index contributed by atoms with van der Waals surface area (Å²) in [6.45, 7) is 6.84. The lowest BCUT2D eigenvalue weighted by Gasteiger charge is -2.36. The summed E-state index contributed by atoms with van der Waals surface area (Å²) in [6, 6.07) is 9.61. The highest BCUT2D eigenvalue weighted by molar-refractivity contribution is 5.27. The van der Waals surface area contributed by atoms with Crippen LogP contribution in [0.15, 0.2) is 24.3 Å². The Kier molecular flexibility index (Phi) is 4.57. The van der Waals surface area contributed by atoms with Gasteiger partial charge in [0, 0.05) is 19.2 Å². The average Bonchev–Trinajstić information content (AvgIpc) is 2.26. The molecule has 2 nitrogen and oxygen atoms in total. The van der Waals surface area contributed by atoms with Crippen LogP contribution in [-0.2, 0) is 4.74 Å². The van der Waals surface area contributed by atoms with Crippen molar-refractivity contribution in [3.63, 3.8) is 0 Å². The fourth-order valence-corrected chi connectivity index (χ4v) is 2.46. The van der Waals surface area contributed by atoms with Gasteiger partial charge >= 0.3 is 0 Å². The van der Waals surface area contributed by atoms with Crippen molar-refractivity contribution in [1.82, 2.24) is 5.32 Å². The number of ether oxygens (including phenoxy) is 1. The van der Waals surface area contributed by atoms with E-state index in [1.54, 1.807) is 0 Å². The first kappa shape index (κ1) is 12.6. The van der Waals surface area contributed by atoms with Gasteiger partial charge in [-0.25, -0.2) is 0 Å². The molecule has 1 aromatic rings. The highest BCUT2D eigenvalue weighted by Crippen LogP contribution is 2.36. The van der Waals surface area contributed by atoms with Crippen LogP contribution in [0.3, 0.4) is 0 Å². The first-order chi connectivity index (χ1) is 8.29. The van der Waals surface area contributed by atoms with Gasteiger partial charge in [0.2, 0.25) is 0 Å². The third kappa shape index (κ3) is 3.55. The van der Waals surface area contributed by atoms with Crippen LogP contribution in [0.4, 0.5) is 0 Å². The quantitative estimate of drug-likeness (QED) is 0.763. The number of benzene rings is 1. The molecule has 0 aliphatic heterocycles. The third-order valence-electron chi connectivity index (χ3n) is 3.54. The maximum atomic E-state index is 5.32. The molecular formula is C15H23NO. The monoisotopic (exact) mass is 233 g/mol. The van der Waals surface area contributed by atoms with E-state index in [0.717, 1.165) is 25.7 Å². The maximum Gasteiger partial charge on any atom is 0.0590 e. The number of nitrogens with one attached hydrogen (secondary N) is 1. The molecule has 0 unspecified atom stereocenters. The molecule has 0 atom stereocenters. The standard InChI is InChI=1S/C15H23NO/c1-3-17-8-7-16-15-10-14(11-15)13-6-4-5-12(2)9-13/h4-6,9,14-16H,3,7-8,10-11H2,1-2H3. The summed E-state index contributed by atoms with van der Waals surface area (Å²) < 4.78 is 5.32. The van der Waals surface area contributed by atoms with Gasteiger partial charge in [-0.2, -0.15) is 0 Å². The summed E-state index contributed by atoms with van der Waals surface area (Å²) in [4.78, 5) is 0. The predicted molar refractivity (Wildman–Crippen MR) is 71.4 cm³/mol. The molecule has 94 valence electrons. The van der Waals surface area contributed by atoms with Crippen molar-refractivity contribution in [1.29, 1.82) is 0 Å². The molecule has 2 rings (SSSR count). The second kappa shape index (κ2) is 6.18. The smallest absolute Gasteiger partial charge is 0.0590 e. The van der Waals surface area contributed by atoms with E-state index in [9.17, 15) is 0 Å². The normalized spacial score (nSPS) is 23.4. The Morgan fingerprint density at radius 1 is 1.35 bits per heavy atom. The molecular weight excluding hydrogens is 210 g/mol. The molecule has 0 spiro atoms. The minimum absolute atomic E-state index is 0.695. The van der Waals surface area contributed by atoms with Crippen molar-refractivity contribution in [2.75, 3.05) is 19.8 Å². The zero-order valence-corrected chi connectivity index (χ0v) is 10.9. The van der Waals surface area contributed by atoms with Crippen molar-refractivity contribution >= 4 is 0 Å². The molecule has 1 aliphatic rings. The fraction of sp³-hybridized carbons (Fsp3) is 0.600. The van der Waals surface area contributed by atoms with Crippen molar-refractivity contribution in [3.8, 4) is 0 Å². The molecule has 1 N–H and O–H groups in total. The summed E-state index contributed by atoms with van der Waals surface area (Å²) in [7, 11) is 0. The number of hydrogen-bond acceptors (Lipinski definition) is 2. The lowest BCUT2D eigenvalue weighted by Crippen LogP contribution is -2.41. The van der Waals surface area contributed by atoms with E-state index in [2.05, 4.69) is 36.5 Å². The van der Waals surface area contributed by atoms with Crippen molar-refractivity contribution in [3.05, 3.63) is 35.4 Å². The van der Waals surface area contributed by atoms with Crippen LogP contribution >= 0.6 is 0 Å². The number of aryl methyl sites for hydroxylation is 1. The van der Waals surface area contributed by atoms with Crippen LogP contribution in [0, 0.1) is 6.92 Å². The highest BCUT2D eigenvalue weighted by atomic mass is 16.5. The Morgan fingerprint density at radius 2 is 2.18 bits per heavy atom. The fourth-order valence-electron chi connectivity index (χ4n) is 2.46. The van der Waals surface area contributed by atoms with E-state index in [4.69, 9.17) is 4.74 Å². The lowest BCUT2D eigenvalue weighted by atomic mass is 9.75. The van der Waals surface area contributed by atoms with Crippen molar-refractivity contribution < 1.29 is 4.74 Å². The molecule has 1 fully saturated rings. The first-order valence-electron chi connectivity index (χ1n) is 6.67. The Hall–Kier alpha value is -0.860. The van der Waals surface area contributed by atoms with Gasteiger partial charge in [0.05, 0.1) is 6.61 Å². The molecule has 0 saturated heterocycles. The summed E-state index contributed by atoms with van der Waals surface area (Å²) >= 11 is 0. The topological polar surface area (TPSA) is 21.3 Å². The molecule has 2 heteroatoms. The van der Waals surface area contributed by atoms with Gasteiger partial charge in [-0.05, 0) is 38.2 Å². The van der Waals surface area contributed by atoms with Crippen LogP contribution in [0.1, 0.15) is 36.8 Å². The Labute approximate surface area is 104 Å². The molecule has 0 bridgehead atoms. The van der Waals surface area contributed by atoms with Crippen molar-refractivity contribution in [2.24, 2.45) is 0 Å². The highest BCUT2D eigenvalue weighted by Gasteiger charge is 2.29. The van der Waals surface area contributed by atoms with Crippen LogP contribution in [-0.4, -0.2) is 25.8 Å². The third-order valence-corrected chi connectivity index (χ3v) is 3.54. The summed E-state index contributed by atoms with van der Waals surface area (Å²) in [6.07, 6.45) is 2.55. The van der Waals surface area contributed by atoms with Crippen molar-refractivity contribution in [2.45, 2.75) is 38.6 Å². The van der Waals surface area contributed by atoms with E-state index in [1.807, 2.05) is 6.92 Å². The molecule has 0 amide bonds. The van der Waals surface area contributed by atoms with Gasteiger partial charge in [-0.1, -0.05) is 29.8 Å². The number of rotatable bonds is 6. The van der Waals surface area contributed by atoms with Gasteiger partial charge in [-0.15, -0.1) is 0 Å². The molecule has 0 radical (unpaired) electrons. The predicted octanol–water partition coefficient (Wildman–Crippen LogP) is 2.87. The SMILES string of the molecule is CCOCCNC1CC(c2cccc(C)c2)C1. The zero-order chi connectivity index (χ0) is 12.1.